The Balaban J connectivity index is 0.898. The zero-order valence-electron chi connectivity index (χ0n) is 35.0. The van der Waals surface area contributed by atoms with Gasteiger partial charge in [0.25, 0.3) is 0 Å². The lowest BCUT2D eigenvalue weighted by Gasteiger charge is -2.53. The lowest BCUT2D eigenvalue weighted by atomic mass is 9.64. The molecule has 9 rings (SSSR count). The van der Waals surface area contributed by atoms with Gasteiger partial charge >= 0.3 is 0 Å². The molecule has 0 radical (unpaired) electrons. The second-order valence-corrected chi connectivity index (χ2v) is 24.8. The van der Waals surface area contributed by atoms with E-state index in [0.717, 1.165) is 87.8 Å². The summed E-state index contributed by atoms with van der Waals surface area (Å²) in [7, 11) is 0. The molecule has 2 heterocycles. The predicted octanol–water partition coefficient (Wildman–Crippen LogP) is 13.4. The number of hydrogen-bond donors (Lipinski definition) is 0. The van der Waals surface area contributed by atoms with Crippen LogP contribution in [0.1, 0.15) is 196 Å². The van der Waals surface area contributed by atoms with Crippen molar-refractivity contribution in [2.75, 3.05) is 0 Å². The van der Waals surface area contributed by atoms with Crippen LogP contribution in [0.15, 0.2) is 0 Å². The molecule has 0 N–H and O–H groups in total. The average Bonchev–Trinajstić information content (AvgIpc) is 3.85. The summed E-state index contributed by atoms with van der Waals surface area (Å²) in [5.74, 6) is 9.83. The number of fused-ring (bicyclic) bond motifs is 7. The molecule has 0 bridgehead atoms. The van der Waals surface area contributed by atoms with Crippen molar-refractivity contribution in [3.05, 3.63) is 0 Å². The second-order valence-electron chi connectivity index (χ2n) is 23.4. The number of rotatable bonds is 5. The van der Waals surface area contributed by atoms with Gasteiger partial charge in [-0.3, -0.25) is 4.90 Å². The van der Waals surface area contributed by atoms with Crippen molar-refractivity contribution in [3.8, 4) is 0 Å². The molecule has 0 aromatic heterocycles. The van der Waals surface area contributed by atoms with Gasteiger partial charge in [-0.05, 0) is 205 Å². The fraction of sp³-hybridized carbons (Fsp3) is 1.00. The number of nitrogens with zero attached hydrogens (tertiary/aromatic N) is 1. The van der Waals surface area contributed by atoms with Crippen molar-refractivity contribution < 1.29 is 4.74 Å². The molecule has 9 aliphatic rings. The van der Waals surface area contributed by atoms with E-state index in [1.807, 2.05) is 0 Å². The van der Waals surface area contributed by atoms with Crippen LogP contribution in [0.2, 0.25) is 0 Å². The highest BCUT2D eigenvalue weighted by Gasteiger charge is 2.60. The Morgan fingerprint density at radius 3 is 1.40 bits per heavy atom. The van der Waals surface area contributed by atoms with Gasteiger partial charge in [0.2, 0.25) is 0 Å². The Bertz CT molecular complexity index is 1120. The molecule has 9 unspecified atom stereocenters. The summed E-state index contributed by atoms with van der Waals surface area (Å²) in [4.78, 5) is 3.40. The monoisotopic (exact) mass is 734 g/mol. The molecule has 0 spiro atoms. The van der Waals surface area contributed by atoms with E-state index in [9.17, 15) is 0 Å². The minimum Gasteiger partial charge on any atom is -0.374 e. The molecule has 7 aliphatic carbocycles. The SMILES string of the molecule is CC(C)(C)C1CCC(C2CCC(N(C3CCC(C4CCC(C(C)(C)C)CC4)CC3)C3CCCC4C5CCC6OC7CCCC7C6C5SC43)CC2)CC1. The first-order valence-corrected chi connectivity index (χ1v) is 25.1. The summed E-state index contributed by atoms with van der Waals surface area (Å²) in [6, 6.07) is 2.61. The number of hydrogen-bond acceptors (Lipinski definition) is 3. The zero-order chi connectivity index (χ0) is 35.8. The van der Waals surface area contributed by atoms with E-state index in [-0.39, 0.29) is 0 Å². The molecular weight excluding hydrogens is 651 g/mol. The second kappa shape index (κ2) is 15.2. The van der Waals surface area contributed by atoms with Crippen molar-refractivity contribution in [1.82, 2.24) is 4.90 Å². The van der Waals surface area contributed by atoms with E-state index in [2.05, 4.69) is 58.2 Å². The summed E-state index contributed by atoms with van der Waals surface area (Å²) >= 11 is 2.60. The van der Waals surface area contributed by atoms with Crippen LogP contribution in [0.3, 0.4) is 0 Å². The molecule has 3 heteroatoms. The largest absolute Gasteiger partial charge is 0.374 e. The lowest BCUT2D eigenvalue weighted by molar-refractivity contribution is -0.0177. The maximum Gasteiger partial charge on any atom is 0.0621 e. The molecule has 0 aromatic rings. The topological polar surface area (TPSA) is 12.5 Å². The van der Waals surface area contributed by atoms with Gasteiger partial charge in [-0.2, -0.15) is 11.8 Å². The fourth-order valence-corrected chi connectivity index (χ4v) is 18.6. The van der Waals surface area contributed by atoms with Gasteiger partial charge in [-0.25, -0.2) is 0 Å². The van der Waals surface area contributed by atoms with Crippen molar-refractivity contribution in [2.24, 2.45) is 70.0 Å². The minimum atomic E-state index is 0.506. The molecule has 9 atom stereocenters. The summed E-state index contributed by atoms with van der Waals surface area (Å²) in [6.45, 7) is 15.0. The van der Waals surface area contributed by atoms with Crippen LogP contribution in [-0.2, 0) is 4.74 Å². The van der Waals surface area contributed by atoms with E-state index < -0.39 is 0 Å². The van der Waals surface area contributed by atoms with Gasteiger partial charge in [0.05, 0.1) is 12.2 Å². The van der Waals surface area contributed by atoms with Gasteiger partial charge in [-0.15, -0.1) is 0 Å². The van der Waals surface area contributed by atoms with Gasteiger partial charge in [-0.1, -0.05) is 54.4 Å². The van der Waals surface area contributed by atoms with Crippen molar-refractivity contribution in [3.63, 3.8) is 0 Å². The van der Waals surface area contributed by atoms with E-state index in [1.165, 1.54) is 122 Å². The molecule has 9 fully saturated rings. The van der Waals surface area contributed by atoms with E-state index in [4.69, 9.17) is 4.74 Å². The highest BCUT2D eigenvalue weighted by atomic mass is 32.2. The number of ether oxygens (including phenoxy) is 1. The molecule has 2 nitrogen and oxygen atoms in total. The number of thioether (sulfide) groups is 1. The molecular formula is C49H83NOS. The fourth-order valence-electron chi connectivity index (χ4n) is 16.1. The van der Waals surface area contributed by atoms with Crippen LogP contribution >= 0.6 is 11.8 Å². The Hall–Kier alpha value is 0.270. The smallest absolute Gasteiger partial charge is 0.0621 e. The van der Waals surface area contributed by atoms with Crippen molar-refractivity contribution >= 4 is 11.8 Å². The summed E-state index contributed by atoms with van der Waals surface area (Å²) in [5.41, 5.74) is 1.01. The molecule has 2 saturated heterocycles. The van der Waals surface area contributed by atoms with Gasteiger partial charge in [0, 0.05) is 34.5 Å². The minimum absolute atomic E-state index is 0.506. The first kappa shape index (κ1) is 37.8. The first-order chi connectivity index (χ1) is 25.0. The Kier molecular flexibility index (Phi) is 11.1. The van der Waals surface area contributed by atoms with Gasteiger partial charge < -0.3 is 4.74 Å². The van der Waals surface area contributed by atoms with Crippen LogP contribution in [0.5, 0.6) is 0 Å². The first-order valence-electron chi connectivity index (χ1n) is 24.1. The zero-order valence-corrected chi connectivity index (χ0v) is 35.9. The standard InChI is InChI=1S/C49H83NOS/c1-48(2,3)35-21-13-31(14-22-35)33-17-25-37(26-18-33)50(38-27-19-34(20-28-38)32-15-23-36(24-16-32)49(4,5)6)42-11-7-9-39-40-29-30-44-45(47(40)52-46(39)42)41-10-8-12-43(41)51-44/h31-47H,7-30H2,1-6H3. The normalized spacial score (nSPS) is 50.0. The van der Waals surface area contributed by atoms with Crippen molar-refractivity contribution in [1.29, 1.82) is 0 Å². The van der Waals surface area contributed by atoms with E-state index in [1.54, 1.807) is 32.1 Å². The van der Waals surface area contributed by atoms with Crippen LogP contribution < -0.4 is 0 Å². The molecule has 7 saturated carbocycles. The average molecular weight is 734 g/mol. The maximum absolute atomic E-state index is 6.86. The summed E-state index contributed by atoms with van der Waals surface area (Å²) < 4.78 is 6.86. The quantitative estimate of drug-likeness (QED) is 0.279. The highest BCUT2D eigenvalue weighted by molar-refractivity contribution is 8.00. The third-order valence-corrected chi connectivity index (χ3v) is 21.1. The summed E-state index contributed by atoms with van der Waals surface area (Å²) in [5, 5.41) is 1.83. The highest BCUT2D eigenvalue weighted by Crippen LogP contribution is 2.63. The Labute approximate surface area is 326 Å². The molecule has 296 valence electrons. The van der Waals surface area contributed by atoms with Crippen LogP contribution in [-0.4, -0.2) is 45.7 Å². The van der Waals surface area contributed by atoms with Crippen LogP contribution in [0.25, 0.3) is 0 Å². The van der Waals surface area contributed by atoms with Crippen molar-refractivity contribution in [2.45, 2.75) is 236 Å². The lowest BCUT2D eigenvalue weighted by Crippen LogP contribution is -2.57. The predicted molar refractivity (Wildman–Crippen MR) is 222 cm³/mol. The Morgan fingerprint density at radius 2 is 0.885 bits per heavy atom. The van der Waals surface area contributed by atoms with Crippen LogP contribution in [0, 0.1) is 70.0 Å². The third-order valence-electron chi connectivity index (χ3n) is 19.1. The molecule has 0 amide bonds. The molecule has 2 aliphatic heterocycles. The molecule has 52 heavy (non-hydrogen) atoms. The van der Waals surface area contributed by atoms with Gasteiger partial charge in [0.15, 0.2) is 0 Å². The summed E-state index contributed by atoms with van der Waals surface area (Å²) in [6.07, 6.45) is 37.3. The van der Waals surface area contributed by atoms with Gasteiger partial charge in [0.1, 0.15) is 0 Å². The maximum atomic E-state index is 6.86. The van der Waals surface area contributed by atoms with E-state index >= 15 is 0 Å². The Morgan fingerprint density at radius 1 is 0.423 bits per heavy atom. The molecule has 0 aromatic carbocycles. The third kappa shape index (κ3) is 7.30. The van der Waals surface area contributed by atoms with Crippen LogP contribution in [0.4, 0.5) is 0 Å². The van der Waals surface area contributed by atoms with E-state index in [0.29, 0.717) is 23.0 Å².